The Labute approximate surface area is 405 Å². The van der Waals surface area contributed by atoms with E-state index in [1.807, 2.05) is 155 Å². The average Bonchev–Trinajstić information content (AvgIpc) is 4.01. The van der Waals surface area contributed by atoms with E-state index in [2.05, 4.69) is 61.2 Å². The molecule has 6 N–H and O–H groups in total. The van der Waals surface area contributed by atoms with Crippen molar-refractivity contribution < 1.29 is 13.6 Å². The predicted octanol–water partition coefficient (Wildman–Crippen LogP) is 11.2. The molecule has 0 aliphatic heterocycles. The maximum absolute atomic E-state index is 5.97. The van der Waals surface area contributed by atoms with Gasteiger partial charge in [-0.1, -0.05) is 82.9 Å². The maximum atomic E-state index is 5.97. The second kappa shape index (κ2) is 22.4. The Morgan fingerprint density at radius 3 is 1.32 bits per heavy atom. The van der Waals surface area contributed by atoms with Gasteiger partial charge in [0.15, 0.2) is 49.5 Å². The summed E-state index contributed by atoms with van der Waals surface area (Å²) in [6.45, 7) is 7.13. The molecule has 8 aromatic rings. The van der Waals surface area contributed by atoms with Crippen molar-refractivity contribution in [1.29, 1.82) is 0 Å². The number of nitrogens with zero attached hydrogens (tertiary/aromatic N) is 6. The average molecular weight is 966 g/mol. The molecule has 344 valence electrons. The molecule has 0 aliphatic rings. The summed E-state index contributed by atoms with van der Waals surface area (Å²) >= 11 is 22.0. The van der Waals surface area contributed by atoms with Crippen molar-refractivity contribution in [1.82, 2.24) is 20.8 Å². The van der Waals surface area contributed by atoms with E-state index in [4.69, 9.17) is 61.8 Å². The van der Waals surface area contributed by atoms with Gasteiger partial charge in [-0.3, -0.25) is 0 Å². The number of anilines is 8. The fraction of sp³-hybridized carbons (Fsp3) is 0.234. The Morgan fingerprint density at radius 1 is 0.530 bits per heavy atom. The Kier molecular flexibility index (Phi) is 16.6. The van der Waals surface area contributed by atoms with Gasteiger partial charge in [-0.2, -0.15) is 0 Å². The van der Waals surface area contributed by atoms with Crippen LogP contribution in [0.5, 0.6) is 0 Å². The van der Waals surface area contributed by atoms with Gasteiger partial charge < -0.3 is 60.2 Å². The van der Waals surface area contributed by atoms with Gasteiger partial charge in [-0.15, -0.1) is 0 Å². The quantitative estimate of drug-likeness (QED) is 0.0718. The molecule has 0 spiro atoms. The minimum absolute atomic E-state index is 0.413. The standard InChI is InChI=1S/C17H18N4OS.C16H15ClN4OS.C14H20N4OS/c1-11-7-9-12(10-8-11)18-17(23)19-16-15-13(21(2)3)5-4-6-14(15)22-20-16;1-21(2)12-7-4-8-13-14(12)15(20-22-13)19-16(23)18-11-6-3-5-10(17)9-11;1-9(2)8-15-14(20)16-13-12-10(18(3)4)6-5-7-11(12)19-17-13/h4-10H,1-3H3,(H2,18,19,20,23);3-9H,1-2H3,(H2,18,19,20,23);5-7,9H,8H2,1-4H3,(H2,15,16,17,20). The van der Waals surface area contributed by atoms with Gasteiger partial charge in [-0.05, 0) is 116 Å². The number of fused-ring (bicyclic) bond motifs is 3. The number of aromatic nitrogens is 3. The van der Waals surface area contributed by atoms with Crippen LogP contribution in [0, 0.1) is 12.8 Å². The van der Waals surface area contributed by atoms with E-state index in [0.717, 1.165) is 62.3 Å². The van der Waals surface area contributed by atoms with E-state index in [-0.39, 0.29) is 0 Å². The smallest absolute Gasteiger partial charge is 0.185 e. The molecule has 3 heterocycles. The third-order valence-electron chi connectivity index (χ3n) is 9.63. The summed E-state index contributed by atoms with van der Waals surface area (Å²) in [5.41, 5.74) is 8.14. The van der Waals surface area contributed by atoms with E-state index >= 15 is 0 Å². The molecule has 66 heavy (non-hydrogen) atoms. The van der Waals surface area contributed by atoms with Crippen molar-refractivity contribution in [2.75, 3.05) is 90.1 Å². The summed E-state index contributed by atoms with van der Waals surface area (Å²) in [6.07, 6.45) is 0. The van der Waals surface area contributed by atoms with E-state index in [9.17, 15) is 0 Å². The van der Waals surface area contributed by atoms with Gasteiger partial charge in [0.1, 0.15) is 0 Å². The topological polar surface area (TPSA) is 160 Å². The first-order chi connectivity index (χ1) is 31.6. The Morgan fingerprint density at radius 2 is 0.924 bits per heavy atom. The van der Waals surface area contributed by atoms with Crippen LogP contribution >= 0.6 is 48.3 Å². The second-order valence-electron chi connectivity index (χ2n) is 16.0. The highest BCUT2D eigenvalue weighted by molar-refractivity contribution is 7.81. The third-order valence-corrected chi connectivity index (χ3v) is 10.5. The van der Waals surface area contributed by atoms with Crippen molar-refractivity contribution in [2.45, 2.75) is 20.8 Å². The van der Waals surface area contributed by atoms with Crippen molar-refractivity contribution >= 4 is 142 Å². The number of aryl methyl sites for hydroxylation is 1. The first-order valence-corrected chi connectivity index (χ1v) is 22.4. The summed E-state index contributed by atoms with van der Waals surface area (Å²) < 4.78 is 16.1. The van der Waals surface area contributed by atoms with Gasteiger partial charge in [0.25, 0.3) is 0 Å². The predicted molar refractivity (Wildman–Crippen MR) is 286 cm³/mol. The Bertz CT molecular complexity index is 2930. The molecule has 0 fully saturated rings. The molecular weight excluding hydrogens is 912 g/mol. The van der Waals surface area contributed by atoms with Crippen LogP contribution in [0.2, 0.25) is 5.02 Å². The molecule has 15 nitrogen and oxygen atoms in total. The molecule has 0 saturated heterocycles. The maximum Gasteiger partial charge on any atom is 0.185 e. The van der Waals surface area contributed by atoms with Crippen LogP contribution in [-0.2, 0) is 0 Å². The lowest BCUT2D eigenvalue weighted by Gasteiger charge is -2.14. The van der Waals surface area contributed by atoms with Crippen LogP contribution in [0.15, 0.2) is 117 Å². The summed E-state index contributed by atoms with van der Waals surface area (Å²) in [7, 11) is 11.9. The Hall–Kier alpha value is -6.73. The van der Waals surface area contributed by atoms with Crippen LogP contribution in [-0.4, -0.2) is 79.6 Å². The molecule has 19 heteroatoms. The van der Waals surface area contributed by atoms with Crippen LogP contribution in [0.4, 0.5) is 45.9 Å². The van der Waals surface area contributed by atoms with Crippen molar-refractivity contribution in [3.05, 3.63) is 114 Å². The van der Waals surface area contributed by atoms with E-state index in [1.54, 1.807) is 12.1 Å². The van der Waals surface area contributed by atoms with Crippen LogP contribution in [0.25, 0.3) is 32.9 Å². The number of nitrogens with one attached hydrogen (secondary N) is 6. The normalized spacial score (nSPS) is 10.7. The molecule has 0 aliphatic carbocycles. The van der Waals surface area contributed by atoms with Crippen LogP contribution in [0.1, 0.15) is 19.4 Å². The second-order valence-corrected chi connectivity index (χ2v) is 17.7. The molecule has 0 saturated carbocycles. The number of halogens is 1. The van der Waals surface area contributed by atoms with Gasteiger partial charge >= 0.3 is 0 Å². The molecule has 0 bridgehead atoms. The molecule has 3 aromatic heterocycles. The van der Waals surface area contributed by atoms with Gasteiger partial charge in [0, 0.05) is 65.2 Å². The third kappa shape index (κ3) is 12.7. The number of rotatable bonds is 10. The molecule has 0 atom stereocenters. The van der Waals surface area contributed by atoms with Gasteiger partial charge in [0.2, 0.25) is 0 Å². The largest absolute Gasteiger partial charge is 0.377 e. The highest BCUT2D eigenvalue weighted by Gasteiger charge is 2.17. The van der Waals surface area contributed by atoms with E-state index < -0.39 is 0 Å². The fourth-order valence-corrected chi connectivity index (χ4v) is 7.29. The first kappa shape index (κ1) is 48.7. The molecular formula is C47H53ClN12O3S3. The highest BCUT2D eigenvalue weighted by Crippen LogP contribution is 2.34. The molecule has 5 aromatic carbocycles. The zero-order valence-corrected chi connectivity index (χ0v) is 41.3. The van der Waals surface area contributed by atoms with E-state index in [1.165, 1.54) is 5.56 Å². The highest BCUT2D eigenvalue weighted by atomic mass is 35.5. The summed E-state index contributed by atoms with van der Waals surface area (Å²) in [6, 6.07) is 32.8. The minimum atomic E-state index is 0.413. The number of hydrogen-bond acceptors (Lipinski definition) is 12. The zero-order chi connectivity index (χ0) is 47.5. The molecule has 0 unspecified atom stereocenters. The van der Waals surface area contributed by atoms with Crippen LogP contribution in [0.3, 0.4) is 0 Å². The minimum Gasteiger partial charge on any atom is -0.377 e. The lowest BCUT2D eigenvalue weighted by atomic mass is 10.2. The van der Waals surface area contributed by atoms with Crippen molar-refractivity contribution in [2.24, 2.45) is 5.92 Å². The SMILES string of the molecule is CC(C)CNC(=S)Nc1noc2cccc(N(C)C)c12.CN(C)c1cccc2onc(NC(=S)Nc3cccc(Cl)c3)c12.Cc1ccc(NC(=S)Nc2noc3cccc(N(C)C)c23)cc1. The molecule has 0 radical (unpaired) electrons. The fourth-order valence-electron chi connectivity index (χ4n) is 6.49. The number of hydrogen-bond donors (Lipinski definition) is 6. The molecule has 0 amide bonds. The number of thiocarbonyl (C=S) groups is 3. The van der Waals surface area contributed by atoms with Crippen molar-refractivity contribution in [3.8, 4) is 0 Å². The molecule has 8 rings (SSSR count). The zero-order valence-electron chi connectivity index (χ0n) is 38.1. The van der Waals surface area contributed by atoms with Gasteiger partial charge in [-0.25, -0.2) is 0 Å². The summed E-state index contributed by atoms with van der Waals surface area (Å²) in [5, 5.41) is 35.7. The van der Waals surface area contributed by atoms with E-state index in [0.29, 0.717) is 49.3 Å². The lowest BCUT2D eigenvalue weighted by molar-refractivity contribution is 0.460. The van der Waals surface area contributed by atoms with Crippen molar-refractivity contribution in [3.63, 3.8) is 0 Å². The number of benzene rings is 5. The summed E-state index contributed by atoms with van der Waals surface area (Å²) in [5.74, 6) is 2.35. The van der Waals surface area contributed by atoms with Gasteiger partial charge in [0.05, 0.1) is 33.2 Å². The van der Waals surface area contributed by atoms with Crippen LogP contribution < -0.4 is 46.6 Å². The first-order valence-electron chi connectivity index (χ1n) is 20.8. The lowest BCUT2D eigenvalue weighted by Crippen LogP contribution is -2.31. The summed E-state index contributed by atoms with van der Waals surface area (Å²) in [4.78, 5) is 6.04. The monoisotopic (exact) mass is 964 g/mol. The Balaban J connectivity index is 0.000000164.